The summed E-state index contributed by atoms with van der Waals surface area (Å²) in [5, 5.41) is 66.2. The SMILES string of the molecule is O=C([O-])c1cc(C(=O)[O-])cc(-c2cc(C(=O)[O-])cc(C(=O)[O-])c2)c1.O=C([O-])c1cc2c3c(c1)CCc1cc(C(=O)[O-])cc(c1-3)CC2. The van der Waals surface area contributed by atoms with Crippen LogP contribution in [0.1, 0.15) is 84.4 Å². The van der Waals surface area contributed by atoms with E-state index in [0.717, 1.165) is 69.8 Å². The third-order valence-electron chi connectivity index (χ3n) is 7.79. The molecule has 2 aliphatic rings. The number of carboxylic acids is 6. The van der Waals surface area contributed by atoms with Crippen LogP contribution in [-0.2, 0) is 25.7 Å². The van der Waals surface area contributed by atoms with Gasteiger partial charge in [0.1, 0.15) is 0 Å². The highest BCUT2D eigenvalue weighted by atomic mass is 16.4. The lowest BCUT2D eigenvalue weighted by atomic mass is 9.74. The van der Waals surface area contributed by atoms with Gasteiger partial charge in [-0.15, -0.1) is 0 Å². The van der Waals surface area contributed by atoms with Gasteiger partial charge in [-0.3, -0.25) is 0 Å². The van der Waals surface area contributed by atoms with E-state index in [1.54, 1.807) is 24.3 Å². The molecule has 232 valence electrons. The van der Waals surface area contributed by atoms with Crippen molar-refractivity contribution in [3.63, 3.8) is 0 Å². The molecular formula is C34H18O12-6. The van der Waals surface area contributed by atoms with Crippen molar-refractivity contribution in [1.29, 1.82) is 0 Å². The molecule has 4 aromatic rings. The molecule has 0 radical (unpaired) electrons. The first-order chi connectivity index (χ1) is 21.7. The second-order valence-electron chi connectivity index (χ2n) is 10.7. The molecule has 0 aliphatic heterocycles. The van der Waals surface area contributed by atoms with E-state index in [4.69, 9.17) is 0 Å². The summed E-state index contributed by atoms with van der Waals surface area (Å²) >= 11 is 0. The van der Waals surface area contributed by atoms with Crippen molar-refractivity contribution in [3.05, 3.63) is 116 Å². The lowest BCUT2D eigenvalue weighted by Crippen LogP contribution is -2.26. The summed E-state index contributed by atoms with van der Waals surface area (Å²) < 4.78 is 0. The predicted octanol–water partition coefficient (Wildman–Crippen LogP) is -2.91. The van der Waals surface area contributed by atoms with Crippen molar-refractivity contribution in [2.24, 2.45) is 0 Å². The Morgan fingerprint density at radius 3 is 0.717 bits per heavy atom. The maximum atomic E-state index is 11.2. The van der Waals surface area contributed by atoms with Gasteiger partial charge in [0.25, 0.3) is 0 Å². The minimum absolute atomic E-state index is 0.0542. The molecule has 6 rings (SSSR count). The number of aryl methyl sites for hydroxylation is 4. The molecule has 2 aliphatic carbocycles. The summed E-state index contributed by atoms with van der Waals surface area (Å²) in [5.74, 6) is -8.98. The number of carbonyl (C=O) groups excluding carboxylic acids is 6. The van der Waals surface area contributed by atoms with Crippen LogP contribution >= 0.6 is 0 Å². The summed E-state index contributed by atoms with van der Waals surface area (Å²) in [7, 11) is 0. The molecule has 0 fully saturated rings. The fourth-order valence-electron chi connectivity index (χ4n) is 5.80. The highest BCUT2D eigenvalue weighted by Gasteiger charge is 2.27. The van der Waals surface area contributed by atoms with Gasteiger partial charge in [0.05, 0.1) is 35.8 Å². The maximum Gasteiger partial charge on any atom is 0.0715 e. The number of hydrogen-bond donors (Lipinski definition) is 0. The van der Waals surface area contributed by atoms with Gasteiger partial charge in [0.15, 0.2) is 0 Å². The molecule has 12 nitrogen and oxygen atoms in total. The van der Waals surface area contributed by atoms with Crippen molar-refractivity contribution < 1.29 is 59.4 Å². The van der Waals surface area contributed by atoms with Crippen molar-refractivity contribution in [2.75, 3.05) is 0 Å². The molecule has 0 N–H and O–H groups in total. The quantitative estimate of drug-likeness (QED) is 0.202. The van der Waals surface area contributed by atoms with Crippen LogP contribution in [0.4, 0.5) is 0 Å². The van der Waals surface area contributed by atoms with Gasteiger partial charge in [-0.05, 0) is 164 Å². The van der Waals surface area contributed by atoms with E-state index >= 15 is 0 Å². The molecular weight excluding hydrogens is 600 g/mol. The first kappa shape index (κ1) is 31.1. The Balaban J connectivity index is 0.000000182. The standard InChI is InChI=1S/C18H14O4.C16H10O8/c19-17(20)13-5-9-1-2-10-6-14(18(21)22)8-12-4-3-11(7-13)15(9)16(10)12;17-13(18)9-1-7(2-10(5-9)14(19)20)8-3-11(15(21)22)6-12(4-8)16(23)24/h5-8H,1-4H2,(H,19,20)(H,21,22);1-6H,(H,17,18)(H,19,20)(H,21,22)(H,23,24)/p-6. The topological polar surface area (TPSA) is 241 Å². The highest BCUT2D eigenvalue weighted by molar-refractivity contribution is 5.98. The Labute approximate surface area is 259 Å². The molecule has 0 spiro atoms. The van der Waals surface area contributed by atoms with Gasteiger partial charge < -0.3 is 59.4 Å². The summed E-state index contributed by atoms with van der Waals surface area (Å²) in [4.78, 5) is 66.2. The second kappa shape index (κ2) is 12.0. The fraction of sp³-hybridized carbons (Fsp3) is 0.118. The zero-order chi connectivity index (χ0) is 33.4. The van der Waals surface area contributed by atoms with E-state index in [0.29, 0.717) is 25.7 Å². The Kier molecular flexibility index (Phi) is 8.12. The highest BCUT2D eigenvalue weighted by Crippen LogP contribution is 2.43. The maximum absolute atomic E-state index is 11.2. The van der Waals surface area contributed by atoms with E-state index in [1.165, 1.54) is 0 Å². The summed E-state index contributed by atoms with van der Waals surface area (Å²) in [6, 6.07) is 12.4. The molecule has 0 atom stereocenters. The minimum atomic E-state index is -1.67. The fourth-order valence-corrected chi connectivity index (χ4v) is 5.80. The molecule has 12 heteroatoms. The van der Waals surface area contributed by atoms with Gasteiger partial charge in [-0.25, -0.2) is 0 Å². The first-order valence-corrected chi connectivity index (χ1v) is 13.6. The van der Waals surface area contributed by atoms with Crippen LogP contribution < -0.4 is 30.6 Å². The van der Waals surface area contributed by atoms with Gasteiger partial charge in [-0.2, -0.15) is 0 Å². The Morgan fingerprint density at radius 1 is 0.326 bits per heavy atom. The van der Waals surface area contributed by atoms with E-state index < -0.39 is 58.1 Å². The zero-order valence-electron chi connectivity index (χ0n) is 23.5. The van der Waals surface area contributed by atoms with Crippen LogP contribution in [0, 0.1) is 0 Å². The molecule has 0 saturated carbocycles. The number of carbonyl (C=O) groups is 6. The predicted molar refractivity (Wildman–Crippen MR) is 145 cm³/mol. The molecule has 0 heterocycles. The normalized spacial score (nSPS) is 12.2. The van der Waals surface area contributed by atoms with Crippen LogP contribution in [0.25, 0.3) is 22.3 Å². The average molecular weight is 619 g/mol. The second-order valence-corrected chi connectivity index (χ2v) is 10.7. The van der Waals surface area contributed by atoms with Gasteiger partial charge in [0.2, 0.25) is 0 Å². The van der Waals surface area contributed by atoms with Crippen LogP contribution in [0.15, 0.2) is 60.7 Å². The molecule has 0 aromatic heterocycles. The summed E-state index contributed by atoms with van der Waals surface area (Å²) in [5.41, 5.74) is 4.62. The number of aromatic carboxylic acids is 6. The molecule has 0 saturated heterocycles. The Bertz CT molecular complexity index is 1760. The van der Waals surface area contributed by atoms with E-state index in [1.807, 2.05) is 0 Å². The lowest BCUT2D eigenvalue weighted by Gasteiger charge is -2.31. The smallest absolute Gasteiger partial charge is 0.0715 e. The van der Waals surface area contributed by atoms with E-state index in [9.17, 15) is 59.4 Å². The number of carboxylic acid groups (broad SMARTS) is 6. The van der Waals surface area contributed by atoms with E-state index in [2.05, 4.69) is 0 Å². The van der Waals surface area contributed by atoms with Crippen molar-refractivity contribution in [1.82, 2.24) is 0 Å². The minimum Gasteiger partial charge on any atom is -0.545 e. The molecule has 4 aromatic carbocycles. The first-order valence-electron chi connectivity index (χ1n) is 13.6. The zero-order valence-corrected chi connectivity index (χ0v) is 23.5. The lowest BCUT2D eigenvalue weighted by molar-refractivity contribution is -0.257. The Morgan fingerprint density at radius 2 is 0.522 bits per heavy atom. The van der Waals surface area contributed by atoms with Crippen molar-refractivity contribution in [3.8, 4) is 22.3 Å². The summed E-state index contributed by atoms with van der Waals surface area (Å²) in [6.07, 6.45) is 2.86. The van der Waals surface area contributed by atoms with Gasteiger partial charge >= 0.3 is 0 Å². The van der Waals surface area contributed by atoms with Crippen LogP contribution in [0.2, 0.25) is 0 Å². The third kappa shape index (κ3) is 6.04. The van der Waals surface area contributed by atoms with Gasteiger partial charge in [0, 0.05) is 0 Å². The number of benzene rings is 4. The molecule has 0 bridgehead atoms. The van der Waals surface area contributed by atoms with Crippen molar-refractivity contribution >= 4 is 35.8 Å². The van der Waals surface area contributed by atoms with Crippen molar-refractivity contribution in [2.45, 2.75) is 25.7 Å². The molecule has 0 unspecified atom stereocenters. The Hall–Kier alpha value is -6.30. The number of hydrogen-bond acceptors (Lipinski definition) is 12. The third-order valence-corrected chi connectivity index (χ3v) is 7.79. The van der Waals surface area contributed by atoms with Crippen LogP contribution in [0.5, 0.6) is 0 Å². The average Bonchev–Trinajstić information content (AvgIpc) is 3.02. The van der Waals surface area contributed by atoms with Crippen LogP contribution in [-0.4, -0.2) is 35.8 Å². The van der Waals surface area contributed by atoms with E-state index in [-0.39, 0.29) is 22.3 Å². The molecule has 46 heavy (non-hydrogen) atoms. The monoisotopic (exact) mass is 618 g/mol. The summed E-state index contributed by atoms with van der Waals surface area (Å²) in [6.45, 7) is 0. The number of rotatable bonds is 7. The largest absolute Gasteiger partial charge is 0.545 e. The molecule has 0 amide bonds. The van der Waals surface area contributed by atoms with Gasteiger partial charge in [-0.1, -0.05) is 0 Å². The van der Waals surface area contributed by atoms with Crippen LogP contribution in [0.3, 0.4) is 0 Å².